The summed E-state index contributed by atoms with van der Waals surface area (Å²) in [5.41, 5.74) is -0.0150. The average Bonchev–Trinajstić information content (AvgIpc) is 3.13. The van der Waals surface area contributed by atoms with Crippen molar-refractivity contribution in [2.75, 3.05) is 20.1 Å². The number of nitrogens with one attached hydrogen (secondary N) is 1. The van der Waals surface area contributed by atoms with E-state index in [0.29, 0.717) is 12.5 Å². The fourth-order valence-corrected chi connectivity index (χ4v) is 3.76. The number of nitrogens with zero attached hydrogens (tertiary/aromatic N) is 2. The molecule has 2 fully saturated rings. The molecule has 0 aromatic rings. The van der Waals surface area contributed by atoms with Crippen LogP contribution in [0.25, 0.3) is 0 Å². The van der Waals surface area contributed by atoms with E-state index in [0.717, 1.165) is 18.3 Å². The van der Waals surface area contributed by atoms with Crippen molar-refractivity contribution < 1.29 is 9.84 Å². The zero-order chi connectivity index (χ0) is 13.4. The molecule has 2 N–H and O–H groups in total. The first kappa shape index (κ1) is 13.7. The maximum absolute atomic E-state index is 10.3. The summed E-state index contributed by atoms with van der Waals surface area (Å²) in [5.74, 6) is 0. The van der Waals surface area contributed by atoms with Crippen molar-refractivity contribution in [2.45, 2.75) is 55.9 Å². The van der Waals surface area contributed by atoms with Crippen LogP contribution in [0.3, 0.4) is 0 Å². The number of amidine groups is 1. The summed E-state index contributed by atoms with van der Waals surface area (Å²) in [6, 6.07) is 0.596. The van der Waals surface area contributed by atoms with Gasteiger partial charge in [0.15, 0.2) is 5.17 Å². The van der Waals surface area contributed by atoms with Gasteiger partial charge in [-0.05, 0) is 19.8 Å². The second kappa shape index (κ2) is 5.60. The van der Waals surface area contributed by atoms with Crippen LogP contribution < -0.4 is 5.32 Å². The molecule has 1 saturated heterocycles. The van der Waals surface area contributed by atoms with Gasteiger partial charge in [0, 0.05) is 32.6 Å². The van der Waals surface area contributed by atoms with Crippen LogP contribution in [0, 0.1) is 0 Å². The van der Waals surface area contributed by atoms with Gasteiger partial charge in [0.05, 0.1) is 12.2 Å². The zero-order valence-corrected chi connectivity index (χ0v) is 12.4. The normalized spacial score (nSPS) is 37.9. The minimum absolute atomic E-state index is 0.0150. The van der Waals surface area contributed by atoms with Crippen LogP contribution >= 0.6 is 11.8 Å². The highest BCUT2D eigenvalue weighted by Gasteiger charge is 2.43. The minimum Gasteiger partial charge on any atom is -0.391 e. The van der Waals surface area contributed by atoms with E-state index in [9.17, 15) is 5.11 Å². The summed E-state index contributed by atoms with van der Waals surface area (Å²) in [6.07, 6.45) is 2.99. The Labute approximate surface area is 118 Å². The lowest BCUT2D eigenvalue weighted by atomic mass is 10.0. The molecule has 4 atom stereocenters. The van der Waals surface area contributed by atoms with Gasteiger partial charge in [-0.1, -0.05) is 11.8 Å². The van der Waals surface area contributed by atoms with Crippen LogP contribution in [0.5, 0.6) is 0 Å². The van der Waals surface area contributed by atoms with Crippen LogP contribution in [0.1, 0.15) is 26.2 Å². The van der Waals surface area contributed by atoms with Crippen LogP contribution in [-0.4, -0.2) is 65.0 Å². The Morgan fingerprint density at radius 3 is 3.00 bits per heavy atom. The third-order valence-electron chi connectivity index (χ3n) is 4.00. The third kappa shape index (κ3) is 3.07. The average molecular weight is 285 g/mol. The molecule has 0 bridgehead atoms. The molecule has 0 aromatic heterocycles. The fraction of sp³-hybridized carbons (Fsp3) is 0.923. The molecule has 5 nitrogen and oxygen atoms in total. The summed E-state index contributed by atoms with van der Waals surface area (Å²) in [4.78, 5) is 6.72. The van der Waals surface area contributed by atoms with Gasteiger partial charge in [-0.2, -0.15) is 0 Å². The molecule has 0 radical (unpaired) electrons. The van der Waals surface area contributed by atoms with Gasteiger partial charge in [0.1, 0.15) is 11.5 Å². The van der Waals surface area contributed by atoms with Gasteiger partial charge in [0.25, 0.3) is 0 Å². The molecule has 0 spiro atoms. The number of fused-ring (bicyclic) bond motifs is 1. The number of rotatable bonds is 4. The summed E-state index contributed by atoms with van der Waals surface area (Å²) in [5, 5.41) is 14.7. The van der Waals surface area contributed by atoms with Crippen molar-refractivity contribution in [2.24, 2.45) is 4.99 Å². The van der Waals surface area contributed by atoms with Crippen LogP contribution in [0.2, 0.25) is 0 Å². The maximum atomic E-state index is 10.3. The molecule has 108 valence electrons. The summed E-state index contributed by atoms with van der Waals surface area (Å²) < 4.78 is 6.08. The van der Waals surface area contributed by atoms with Crippen molar-refractivity contribution in [3.05, 3.63) is 0 Å². The number of hydrogen-bond donors (Lipinski definition) is 2. The molecule has 6 heteroatoms. The predicted molar refractivity (Wildman–Crippen MR) is 77.4 cm³/mol. The van der Waals surface area contributed by atoms with Gasteiger partial charge in [-0.25, -0.2) is 0 Å². The van der Waals surface area contributed by atoms with E-state index in [1.165, 1.54) is 12.8 Å². The van der Waals surface area contributed by atoms with E-state index in [4.69, 9.17) is 4.74 Å². The molecular formula is C13H23N3O2S. The monoisotopic (exact) mass is 285 g/mol. The van der Waals surface area contributed by atoms with Gasteiger partial charge in [0.2, 0.25) is 0 Å². The highest BCUT2D eigenvalue weighted by molar-refractivity contribution is 8.14. The molecule has 2 heterocycles. The van der Waals surface area contributed by atoms with E-state index in [2.05, 4.69) is 22.1 Å². The Morgan fingerprint density at radius 1 is 1.53 bits per heavy atom. The molecule has 3 aliphatic rings. The van der Waals surface area contributed by atoms with Crippen LogP contribution in [0.4, 0.5) is 0 Å². The largest absolute Gasteiger partial charge is 0.391 e. The van der Waals surface area contributed by atoms with Crippen molar-refractivity contribution >= 4 is 16.9 Å². The van der Waals surface area contributed by atoms with Gasteiger partial charge < -0.3 is 20.1 Å². The molecule has 1 aliphatic carbocycles. The lowest BCUT2D eigenvalue weighted by Crippen LogP contribution is -2.47. The Morgan fingerprint density at radius 2 is 2.32 bits per heavy atom. The fourth-order valence-electron chi connectivity index (χ4n) is 2.46. The van der Waals surface area contributed by atoms with E-state index >= 15 is 0 Å². The standard InChI is InChI=1S/C13H23N3O2S/c1-3-16(2)13-15-11-10(17)6-9(18-12(11)19-13)7-14-8-4-5-8/h8-12,14,17H,3-7H2,1-2H3. The highest BCUT2D eigenvalue weighted by atomic mass is 32.2. The Hall–Kier alpha value is -0.300. The number of thioether (sulfide) groups is 1. The number of aliphatic hydroxyl groups is 1. The molecule has 3 rings (SSSR count). The molecule has 2 aliphatic heterocycles. The lowest BCUT2D eigenvalue weighted by Gasteiger charge is -2.34. The van der Waals surface area contributed by atoms with Crippen LogP contribution in [0.15, 0.2) is 4.99 Å². The smallest absolute Gasteiger partial charge is 0.162 e. The number of hydrogen-bond acceptors (Lipinski definition) is 6. The molecule has 19 heavy (non-hydrogen) atoms. The molecular weight excluding hydrogens is 262 g/mol. The van der Waals surface area contributed by atoms with E-state index < -0.39 is 0 Å². The third-order valence-corrected chi connectivity index (χ3v) is 5.25. The predicted octanol–water partition coefficient (Wildman–Crippen LogP) is 0.637. The maximum Gasteiger partial charge on any atom is 0.162 e. The Balaban J connectivity index is 1.56. The Kier molecular flexibility index (Phi) is 4.03. The second-order valence-electron chi connectivity index (χ2n) is 5.65. The summed E-state index contributed by atoms with van der Waals surface area (Å²) in [7, 11) is 2.03. The SMILES string of the molecule is CCN(C)C1=NC2C(O)CC(CNC3CC3)OC2S1. The second-order valence-corrected chi connectivity index (χ2v) is 6.71. The first-order valence-corrected chi connectivity index (χ1v) is 8.08. The van der Waals surface area contributed by atoms with Crippen molar-refractivity contribution in [1.29, 1.82) is 0 Å². The highest BCUT2D eigenvalue weighted by Crippen LogP contribution is 2.37. The quantitative estimate of drug-likeness (QED) is 0.794. The molecule has 1 saturated carbocycles. The lowest BCUT2D eigenvalue weighted by molar-refractivity contribution is -0.0683. The van der Waals surface area contributed by atoms with Crippen molar-refractivity contribution in [3.8, 4) is 0 Å². The molecule has 0 aromatic carbocycles. The minimum atomic E-state index is -0.375. The van der Waals surface area contributed by atoms with Gasteiger partial charge in [-0.3, -0.25) is 4.99 Å². The number of ether oxygens (including phenoxy) is 1. The number of aliphatic imine (C=N–C) groups is 1. The first-order chi connectivity index (χ1) is 9.17. The van der Waals surface area contributed by atoms with E-state index in [-0.39, 0.29) is 23.7 Å². The summed E-state index contributed by atoms with van der Waals surface area (Å²) >= 11 is 1.65. The zero-order valence-electron chi connectivity index (χ0n) is 11.6. The molecule has 4 unspecified atom stereocenters. The van der Waals surface area contributed by atoms with Gasteiger partial charge >= 0.3 is 0 Å². The van der Waals surface area contributed by atoms with Crippen LogP contribution in [-0.2, 0) is 4.74 Å². The van der Waals surface area contributed by atoms with E-state index in [1.54, 1.807) is 11.8 Å². The van der Waals surface area contributed by atoms with Crippen molar-refractivity contribution in [3.63, 3.8) is 0 Å². The Bertz CT molecular complexity index is 362. The van der Waals surface area contributed by atoms with Gasteiger partial charge in [-0.15, -0.1) is 0 Å². The van der Waals surface area contributed by atoms with E-state index in [1.807, 2.05) is 7.05 Å². The first-order valence-electron chi connectivity index (χ1n) is 7.20. The molecule has 0 amide bonds. The number of aliphatic hydroxyl groups excluding tert-OH is 1. The summed E-state index contributed by atoms with van der Waals surface area (Å²) in [6.45, 7) is 3.88. The van der Waals surface area contributed by atoms with Crippen molar-refractivity contribution in [1.82, 2.24) is 10.2 Å². The topological polar surface area (TPSA) is 57.1 Å².